The van der Waals surface area contributed by atoms with Crippen molar-refractivity contribution in [1.29, 1.82) is 0 Å². The molecular formula is C21H25N3O2S. The van der Waals surface area contributed by atoms with Crippen LogP contribution in [-0.2, 0) is 30.5 Å². The molecule has 0 fully saturated rings. The van der Waals surface area contributed by atoms with Crippen LogP contribution in [0.25, 0.3) is 10.2 Å². The highest BCUT2D eigenvalue weighted by atomic mass is 32.1. The second-order valence-electron chi connectivity index (χ2n) is 7.05. The molecule has 5 nitrogen and oxygen atoms in total. The van der Waals surface area contributed by atoms with Gasteiger partial charge in [-0.2, -0.15) is 0 Å². The number of methoxy groups -OCH3 is 1. The summed E-state index contributed by atoms with van der Waals surface area (Å²) in [6, 6.07) is 11.1. The quantitative estimate of drug-likeness (QED) is 0.682. The zero-order chi connectivity index (χ0) is 18.6. The first kappa shape index (κ1) is 18.3. The summed E-state index contributed by atoms with van der Waals surface area (Å²) in [5.74, 6) is 0. The first-order valence-corrected chi connectivity index (χ1v) is 10.3. The van der Waals surface area contributed by atoms with Gasteiger partial charge in [-0.15, -0.1) is 11.3 Å². The lowest BCUT2D eigenvalue weighted by Gasteiger charge is -2.23. The van der Waals surface area contributed by atoms with Crippen LogP contribution in [0, 0.1) is 0 Å². The Morgan fingerprint density at radius 1 is 1.33 bits per heavy atom. The lowest BCUT2D eigenvalue weighted by Crippen LogP contribution is -2.35. The molecule has 4 rings (SSSR count). The topological polar surface area (TPSA) is 56.2 Å². The van der Waals surface area contributed by atoms with Crippen LogP contribution in [0.4, 0.5) is 0 Å². The van der Waals surface area contributed by atoms with Crippen molar-refractivity contribution in [3.63, 3.8) is 0 Å². The average molecular weight is 384 g/mol. The van der Waals surface area contributed by atoms with Gasteiger partial charge in [0.05, 0.1) is 24.9 Å². The van der Waals surface area contributed by atoms with E-state index in [0.717, 1.165) is 42.4 Å². The molecule has 1 aromatic carbocycles. The molecule has 142 valence electrons. The van der Waals surface area contributed by atoms with Crippen molar-refractivity contribution in [3.8, 4) is 0 Å². The summed E-state index contributed by atoms with van der Waals surface area (Å²) in [4.78, 5) is 19.6. The number of thiophene rings is 1. The van der Waals surface area contributed by atoms with Gasteiger partial charge < -0.3 is 10.1 Å². The van der Waals surface area contributed by atoms with E-state index in [0.29, 0.717) is 19.2 Å². The van der Waals surface area contributed by atoms with Crippen LogP contribution >= 0.6 is 11.3 Å². The van der Waals surface area contributed by atoms with Crippen molar-refractivity contribution in [1.82, 2.24) is 14.9 Å². The maximum atomic E-state index is 12.8. The molecule has 1 aliphatic rings. The van der Waals surface area contributed by atoms with E-state index >= 15 is 0 Å². The molecule has 0 saturated heterocycles. The van der Waals surface area contributed by atoms with Gasteiger partial charge in [0.15, 0.2) is 0 Å². The molecule has 0 spiro atoms. The third-order valence-corrected chi connectivity index (χ3v) is 6.42. The lowest BCUT2D eigenvalue weighted by molar-refractivity contribution is 0.186. The summed E-state index contributed by atoms with van der Waals surface area (Å²) < 4.78 is 6.77. The predicted molar refractivity (Wildman–Crippen MR) is 110 cm³/mol. The number of hydrogen-bond donors (Lipinski definition) is 1. The van der Waals surface area contributed by atoms with Crippen molar-refractivity contribution >= 4 is 21.6 Å². The van der Waals surface area contributed by atoms with Gasteiger partial charge in [0, 0.05) is 18.0 Å². The maximum Gasteiger partial charge on any atom is 0.262 e. The first-order valence-electron chi connectivity index (χ1n) is 9.52. The van der Waals surface area contributed by atoms with E-state index in [1.54, 1.807) is 29.3 Å². The fraction of sp³-hybridized carbons (Fsp3) is 0.429. The highest BCUT2D eigenvalue weighted by Crippen LogP contribution is 2.33. The Bertz CT molecular complexity index is 965. The number of fused-ring (bicyclic) bond motifs is 3. The van der Waals surface area contributed by atoms with Crippen molar-refractivity contribution in [2.24, 2.45) is 0 Å². The van der Waals surface area contributed by atoms with Gasteiger partial charge in [0.2, 0.25) is 0 Å². The summed E-state index contributed by atoms with van der Waals surface area (Å²) in [5.41, 5.74) is 2.66. The minimum absolute atomic E-state index is 0.0741. The van der Waals surface area contributed by atoms with Gasteiger partial charge in [-0.1, -0.05) is 30.3 Å². The van der Waals surface area contributed by atoms with Crippen LogP contribution < -0.4 is 10.9 Å². The zero-order valence-corrected chi connectivity index (χ0v) is 16.4. The molecule has 3 aromatic rings. The number of hydrogen-bond acceptors (Lipinski definition) is 5. The molecule has 0 bridgehead atoms. The van der Waals surface area contributed by atoms with Crippen molar-refractivity contribution in [3.05, 3.63) is 63.0 Å². The minimum atomic E-state index is 0.0741. The van der Waals surface area contributed by atoms with Crippen molar-refractivity contribution < 1.29 is 4.74 Å². The molecule has 6 heteroatoms. The number of nitrogens with zero attached hydrogens (tertiary/aromatic N) is 2. The smallest absolute Gasteiger partial charge is 0.262 e. The summed E-state index contributed by atoms with van der Waals surface area (Å²) in [7, 11) is 1.65. The molecule has 0 radical (unpaired) electrons. The van der Waals surface area contributed by atoms with Crippen molar-refractivity contribution in [2.45, 2.75) is 38.3 Å². The van der Waals surface area contributed by atoms with Crippen LogP contribution in [0.2, 0.25) is 0 Å². The fourth-order valence-corrected chi connectivity index (χ4v) is 5.05. The Hall–Kier alpha value is -2.02. The van der Waals surface area contributed by atoms with Gasteiger partial charge in [0.25, 0.3) is 5.56 Å². The maximum absolute atomic E-state index is 12.8. The molecule has 1 aliphatic carbocycles. The number of nitrogens with one attached hydrogen (secondary N) is 1. The minimum Gasteiger partial charge on any atom is -0.383 e. The third kappa shape index (κ3) is 3.98. The molecule has 2 aromatic heterocycles. The first-order chi connectivity index (χ1) is 13.3. The summed E-state index contributed by atoms with van der Waals surface area (Å²) in [6.45, 7) is 2.05. The molecule has 2 heterocycles. The molecule has 0 unspecified atom stereocenters. The van der Waals surface area contributed by atoms with Crippen LogP contribution in [-0.4, -0.2) is 35.9 Å². The number of ether oxygens (including phenoxy) is 1. The van der Waals surface area contributed by atoms with Crippen LogP contribution in [0.1, 0.15) is 22.4 Å². The Kier molecular flexibility index (Phi) is 5.66. The van der Waals surface area contributed by atoms with Gasteiger partial charge >= 0.3 is 0 Å². The normalized spacial score (nSPS) is 16.6. The second-order valence-corrected chi connectivity index (χ2v) is 8.13. The van der Waals surface area contributed by atoms with Gasteiger partial charge in [-0.05, 0) is 43.4 Å². The standard InChI is InChI=1S/C21H25N3O2S/c1-26-12-11-24-14-23-20-19(21(24)25)17-8-7-16(13-18(17)27-20)22-10-9-15-5-3-2-4-6-15/h2-6,14,16,22H,7-13H2,1H3/t16-/m0/s1. The molecule has 1 atom stereocenters. The summed E-state index contributed by atoms with van der Waals surface area (Å²) >= 11 is 1.68. The Labute approximate surface area is 163 Å². The highest BCUT2D eigenvalue weighted by molar-refractivity contribution is 7.18. The van der Waals surface area contributed by atoms with Gasteiger partial charge in [-0.25, -0.2) is 4.98 Å². The van der Waals surface area contributed by atoms with E-state index in [1.165, 1.54) is 16.0 Å². The van der Waals surface area contributed by atoms with Crippen LogP contribution in [0.15, 0.2) is 41.5 Å². The molecule has 27 heavy (non-hydrogen) atoms. The van der Waals surface area contributed by atoms with Crippen LogP contribution in [0.5, 0.6) is 0 Å². The number of aromatic nitrogens is 2. The molecular weight excluding hydrogens is 358 g/mol. The second kappa shape index (κ2) is 8.33. The van der Waals surface area contributed by atoms with E-state index in [-0.39, 0.29) is 5.56 Å². The average Bonchev–Trinajstić information content (AvgIpc) is 3.07. The zero-order valence-electron chi connectivity index (χ0n) is 15.6. The monoisotopic (exact) mass is 383 g/mol. The van der Waals surface area contributed by atoms with E-state index in [2.05, 4.69) is 40.6 Å². The van der Waals surface area contributed by atoms with Gasteiger partial charge in [0.1, 0.15) is 4.83 Å². The number of rotatable bonds is 7. The fourth-order valence-electron chi connectivity index (χ4n) is 3.79. The highest BCUT2D eigenvalue weighted by Gasteiger charge is 2.24. The largest absolute Gasteiger partial charge is 0.383 e. The van der Waals surface area contributed by atoms with Gasteiger partial charge in [-0.3, -0.25) is 9.36 Å². The third-order valence-electron chi connectivity index (χ3n) is 5.26. The summed E-state index contributed by atoms with van der Waals surface area (Å²) in [6.07, 6.45) is 5.70. The Balaban J connectivity index is 1.46. The van der Waals surface area contributed by atoms with Crippen LogP contribution in [0.3, 0.4) is 0 Å². The van der Waals surface area contributed by atoms with E-state index in [1.807, 2.05) is 0 Å². The number of aryl methyl sites for hydroxylation is 1. The van der Waals surface area contributed by atoms with Crippen molar-refractivity contribution in [2.75, 3.05) is 20.3 Å². The lowest BCUT2D eigenvalue weighted by atomic mass is 9.93. The predicted octanol–water partition coefficient (Wildman–Crippen LogP) is 2.79. The molecule has 0 amide bonds. The Morgan fingerprint density at radius 3 is 3.00 bits per heavy atom. The van der Waals surface area contributed by atoms with E-state index in [4.69, 9.17) is 4.74 Å². The summed E-state index contributed by atoms with van der Waals surface area (Å²) in [5, 5.41) is 4.53. The van der Waals surface area contributed by atoms with E-state index in [9.17, 15) is 4.79 Å². The molecule has 0 saturated carbocycles. The SMILES string of the molecule is COCCn1cnc2sc3c(c2c1=O)CC[C@H](NCCc1ccccc1)C3. The van der Waals surface area contributed by atoms with E-state index < -0.39 is 0 Å². The Morgan fingerprint density at radius 2 is 2.19 bits per heavy atom. The molecule has 1 N–H and O–H groups in total. The number of benzene rings is 1. The molecule has 0 aliphatic heterocycles.